The minimum absolute atomic E-state index is 0.128. The first-order valence-electron chi connectivity index (χ1n) is 4.31. The van der Waals surface area contributed by atoms with Gasteiger partial charge in [0.15, 0.2) is 0 Å². The van der Waals surface area contributed by atoms with Crippen LogP contribution in [0.5, 0.6) is 11.5 Å². The molecule has 1 aromatic carbocycles. The molecule has 0 bridgehead atoms. The van der Waals surface area contributed by atoms with Gasteiger partial charge in [-0.25, -0.2) is 4.79 Å². The molecule has 0 saturated heterocycles. The van der Waals surface area contributed by atoms with Gasteiger partial charge in [0.2, 0.25) is 0 Å². The van der Waals surface area contributed by atoms with E-state index < -0.39 is 5.97 Å². The Balaban J connectivity index is 3.35. The first-order chi connectivity index (χ1) is 7.13. The predicted octanol–water partition coefficient (Wildman–Crippen LogP) is 1.44. The zero-order chi connectivity index (χ0) is 11.4. The number of nitrogens with one attached hydrogen (secondary N) is 1. The molecule has 0 amide bonds. The summed E-state index contributed by atoms with van der Waals surface area (Å²) in [5, 5.41) is 11.7. The van der Waals surface area contributed by atoms with Crippen molar-refractivity contribution in [1.29, 1.82) is 0 Å². The molecule has 1 rings (SSSR count). The second kappa shape index (κ2) is 4.54. The van der Waals surface area contributed by atoms with Crippen molar-refractivity contribution in [2.75, 3.05) is 26.6 Å². The van der Waals surface area contributed by atoms with E-state index in [0.717, 1.165) is 0 Å². The molecule has 1 aromatic rings. The normalized spacial score (nSPS) is 9.53. The van der Waals surface area contributed by atoms with Gasteiger partial charge in [-0.2, -0.15) is 0 Å². The van der Waals surface area contributed by atoms with Gasteiger partial charge >= 0.3 is 5.97 Å². The largest absolute Gasteiger partial charge is 0.494 e. The SMILES string of the molecule is CNc1c(OC)cc(C(=O)O)cc1OC. The zero-order valence-electron chi connectivity index (χ0n) is 8.83. The molecule has 0 aromatic heterocycles. The number of hydrogen-bond acceptors (Lipinski definition) is 4. The van der Waals surface area contributed by atoms with Crippen molar-refractivity contribution >= 4 is 11.7 Å². The van der Waals surface area contributed by atoms with Crippen LogP contribution < -0.4 is 14.8 Å². The van der Waals surface area contributed by atoms with Crippen LogP contribution in [0.15, 0.2) is 12.1 Å². The molecule has 0 atom stereocenters. The van der Waals surface area contributed by atoms with Crippen LogP contribution in [-0.2, 0) is 0 Å². The molecule has 0 spiro atoms. The zero-order valence-corrected chi connectivity index (χ0v) is 8.83. The molecule has 82 valence electrons. The third-order valence-corrected chi connectivity index (χ3v) is 2.00. The van der Waals surface area contributed by atoms with Gasteiger partial charge in [-0.3, -0.25) is 0 Å². The summed E-state index contributed by atoms with van der Waals surface area (Å²) in [6.45, 7) is 0. The monoisotopic (exact) mass is 211 g/mol. The topological polar surface area (TPSA) is 67.8 Å². The highest BCUT2D eigenvalue weighted by atomic mass is 16.5. The van der Waals surface area contributed by atoms with Crippen LogP contribution in [0.1, 0.15) is 10.4 Å². The van der Waals surface area contributed by atoms with Crippen molar-refractivity contribution in [2.45, 2.75) is 0 Å². The molecule has 0 aliphatic carbocycles. The van der Waals surface area contributed by atoms with E-state index in [1.807, 2.05) is 0 Å². The number of anilines is 1. The number of rotatable bonds is 4. The summed E-state index contributed by atoms with van der Waals surface area (Å²) in [6, 6.07) is 2.88. The summed E-state index contributed by atoms with van der Waals surface area (Å²) in [5.74, 6) is -0.141. The molecule has 5 heteroatoms. The Kier molecular flexibility index (Phi) is 3.38. The highest BCUT2D eigenvalue weighted by molar-refractivity contribution is 5.90. The highest BCUT2D eigenvalue weighted by Gasteiger charge is 2.14. The summed E-state index contributed by atoms with van der Waals surface area (Å²) in [4.78, 5) is 10.8. The van der Waals surface area contributed by atoms with Crippen LogP contribution in [-0.4, -0.2) is 32.3 Å². The average molecular weight is 211 g/mol. The molecule has 2 N–H and O–H groups in total. The molecule has 0 fully saturated rings. The number of carboxylic acids is 1. The molecule has 0 aliphatic rings. The Morgan fingerprint density at radius 2 is 1.73 bits per heavy atom. The molecule has 0 heterocycles. The molecule has 0 aliphatic heterocycles. The minimum atomic E-state index is -1.02. The maximum atomic E-state index is 10.8. The summed E-state index contributed by atoms with van der Waals surface area (Å²) < 4.78 is 10.1. The van der Waals surface area contributed by atoms with Crippen molar-refractivity contribution in [3.8, 4) is 11.5 Å². The van der Waals surface area contributed by atoms with E-state index in [2.05, 4.69) is 5.32 Å². The maximum Gasteiger partial charge on any atom is 0.335 e. The third kappa shape index (κ3) is 2.12. The van der Waals surface area contributed by atoms with Gasteiger partial charge in [0.1, 0.15) is 17.2 Å². The quantitative estimate of drug-likeness (QED) is 0.788. The fourth-order valence-electron chi connectivity index (χ4n) is 1.28. The Morgan fingerprint density at radius 3 is 2.00 bits per heavy atom. The average Bonchev–Trinajstić information content (AvgIpc) is 2.26. The molecule has 5 nitrogen and oxygen atoms in total. The fraction of sp³-hybridized carbons (Fsp3) is 0.300. The smallest absolute Gasteiger partial charge is 0.335 e. The number of carboxylic acid groups (broad SMARTS) is 1. The number of hydrogen-bond donors (Lipinski definition) is 2. The summed E-state index contributed by atoms with van der Waals surface area (Å²) >= 11 is 0. The first kappa shape index (κ1) is 11.2. The summed E-state index contributed by atoms with van der Waals surface area (Å²) in [5.41, 5.74) is 0.757. The highest BCUT2D eigenvalue weighted by Crippen LogP contribution is 2.35. The maximum absolute atomic E-state index is 10.8. The standard InChI is InChI=1S/C10H13NO4/c1-11-9-7(14-2)4-6(10(12)13)5-8(9)15-3/h4-5,11H,1-3H3,(H,12,13). The van der Waals surface area contributed by atoms with Crippen LogP contribution in [0, 0.1) is 0 Å². The third-order valence-electron chi connectivity index (χ3n) is 2.00. The Labute approximate surface area is 87.6 Å². The van der Waals surface area contributed by atoms with Gasteiger partial charge in [-0.1, -0.05) is 0 Å². The van der Waals surface area contributed by atoms with Gasteiger partial charge in [-0.15, -0.1) is 0 Å². The molecule has 0 unspecified atom stereocenters. The van der Waals surface area contributed by atoms with E-state index in [1.165, 1.54) is 26.4 Å². The van der Waals surface area contributed by atoms with Crippen molar-refractivity contribution in [1.82, 2.24) is 0 Å². The van der Waals surface area contributed by atoms with Crippen molar-refractivity contribution in [2.24, 2.45) is 0 Å². The molecule has 0 radical (unpaired) electrons. The number of ether oxygens (including phenoxy) is 2. The lowest BCUT2D eigenvalue weighted by Gasteiger charge is -2.13. The summed E-state index contributed by atoms with van der Waals surface area (Å²) in [6.07, 6.45) is 0. The Hall–Kier alpha value is -1.91. The van der Waals surface area contributed by atoms with Crippen LogP contribution in [0.3, 0.4) is 0 Å². The second-order valence-electron chi connectivity index (χ2n) is 2.81. The van der Waals surface area contributed by atoms with E-state index in [1.54, 1.807) is 7.05 Å². The van der Waals surface area contributed by atoms with E-state index in [9.17, 15) is 4.79 Å². The van der Waals surface area contributed by atoms with Gasteiger partial charge < -0.3 is 19.9 Å². The Bertz CT molecular complexity index is 351. The minimum Gasteiger partial charge on any atom is -0.494 e. The van der Waals surface area contributed by atoms with E-state index >= 15 is 0 Å². The summed E-state index contributed by atoms with van der Waals surface area (Å²) in [7, 11) is 4.66. The lowest BCUT2D eigenvalue weighted by Crippen LogP contribution is -2.02. The van der Waals surface area contributed by atoms with E-state index in [4.69, 9.17) is 14.6 Å². The van der Waals surface area contributed by atoms with Gasteiger partial charge in [0.25, 0.3) is 0 Å². The number of benzene rings is 1. The van der Waals surface area contributed by atoms with Gasteiger partial charge in [-0.05, 0) is 12.1 Å². The fourth-order valence-corrected chi connectivity index (χ4v) is 1.28. The van der Waals surface area contributed by atoms with E-state index in [0.29, 0.717) is 17.2 Å². The first-order valence-corrected chi connectivity index (χ1v) is 4.31. The van der Waals surface area contributed by atoms with Crippen LogP contribution >= 0.6 is 0 Å². The van der Waals surface area contributed by atoms with Crippen molar-refractivity contribution in [3.63, 3.8) is 0 Å². The lowest BCUT2D eigenvalue weighted by atomic mass is 10.1. The molecular formula is C10H13NO4. The van der Waals surface area contributed by atoms with Crippen molar-refractivity contribution < 1.29 is 19.4 Å². The number of carbonyl (C=O) groups is 1. The van der Waals surface area contributed by atoms with Gasteiger partial charge in [0, 0.05) is 7.05 Å². The second-order valence-corrected chi connectivity index (χ2v) is 2.81. The lowest BCUT2D eigenvalue weighted by molar-refractivity contribution is 0.0696. The number of methoxy groups -OCH3 is 2. The van der Waals surface area contributed by atoms with Crippen LogP contribution in [0.4, 0.5) is 5.69 Å². The van der Waals surface area contributed by atoms with Crippen LogP contribution in [0.25, 0.3) is 0 Å². The predicted molar refractivity (Wildman–Crippen MR) is 56.1 cm³/mol. The van der Waals surface area contributed by atoms with Crippen LogP contribution in [0.2, 0.25) is 0 Å². The Morgan fingerprint density at radius 1 is 1.27 bits per heavy atom. The molecule has 15 heavy (non-hydrogen) atoms. The van der Waals surface area contributed by atoms with Crippen molar-refractivity contribution in [3.05, 3.63) is 17.7 Å². The molecular weight excluding hydrogens is 198 g/mol. The van der Waals surface area contributed by atoms with Gasteiger partial charge in [0.05, 0.1) is 19.8 Å². The number of aromatic carboxylic acids is 1. The molecule has 0 saturated carbocycles. The van der Waals surface area contributed by atoms with E-state index in [-0.39, 0.29) is 5.56 Å².